The zero-order chi connectivity index (χ0) is 19.1. The minimum atomic E-state index is -1.04. The van der Waals surface area contributed by atoms with E-state index in [9.17, 15) is 9.18 Å². The van der Waals surface area contributed by atoms with Gasteiger partial charge in [0.1, 0.15) is 17.2 Å². The predicted octanol–water partition coefficient (Wildman–Crippen LogP) is 3.42. The van der Waals surface area contributed by atoms with Crippen LogP contribution in [0.25, 0.3) is 11.2 Å². The Balaban J connectivity index is 2.20. The molecule has 0 spiro atoms. The molecule has 1 aromatic carbocycles. The highest BCUT2D eigenvalue weighted by atomic mass is 35.5. The first-order valence-electron chi connectivity index (χ1n) is 7.81. The van der Waals surface area contributed by atoms with Crippen LogP contribution in [0.4, 0.5) is 9.18 Å². The quantitative estimate of drug-likeness (QED) is 0.705. The highest BCUT2D eigenvalue weighted by molar-refractivity contribution is 6.33. The summed E-state index contributed by atoms with van der Waals surface area (Å²) in [5, 5.41) is 0.0506. The van der Waals surface area contributed by atoms with Gasteiger partial charge in [0.25, 0.3) is 0 Å². The maximum atomic E-state index is 13.2. The minimum absolute atomic E-state index is 0.0506. The van der Waals surface area contributed by atoms with E-state index >= 15 is 0 Å². The SMILES string of the molecule is CC(C)(C)c1nc2c(Cl)nc(OC(N)=O)nc2n1Cc1ccc(F)cc1. The Morgan fingerprint density at radius 3 is 2.46 bits per heavy atom. The second-order valence-electron chi connectivity index (χ2n) is 6.79. The third-order valence-corrected chi connectivity index (χ3v) is 3.91. The lowest BCUT2D eigenvalue weighted by Crippen LogP contribution is -2.20. The fourth-order valence-corrected chi connectivity index (χ4v) is 2.78. The number of amides is 1. The standard InChI is InChI=1S/C17H17ClFN5O2/c1-17(2,3)14-21-11-12(18)22-16(26-15(20)25)23-13(11)24(14)8-9-4-6-10(19)7-5-9/h4-7H,8H2,1-3H3,(H2,20,25). The molecule has 0 saturated heterocycles. The topological polar surface area (TPSA) is 95.9 Å². The molecule has 0 fully saturated rings. The molecule has 0 radical (unpaired) electrons. The van der Waals surface area contributed by atoms with Gasteiger partial charge in [0.2, 0.25) is 0 Å². The maximum Gasteiger partial charge on any atom is 0.412 e. The van der Waals surface area contributed by atoms with Crippen molar-refractivity contribution in [1.82, 2.24) is 19.5 Å². The predicted molar refractivity (Wildman–Crippen MR) is 94.7 cm³/mol. The molecule has 0 bridgehead atoms. The Morgan fingerprint density at radius 1 is 1.23 bits per heavy atom. The number of benzene rings is 1. The normalized spacial score (nSPS) is 11.7. The van der Waals surface area contributed by atoms with E-state index in [1.807, 2.05) is 25.3 Å². The molecule has 0 aliphatic heterocycles. The van der Waals surface area contributed by atoms with Crippen molar-refractivity contribution < 1.29 is 13.9 Å². The van der Waals surface area contributed by atoms with Gasteiger partial charge in [-0.25, -0.2) is 14.2 Å². The highest BCUT2D eigenvalue weighted by Gasteiger charge is 2.26. The van der Waals surface area contributed by atoms with Gasteiger partial charge in [-0.3, -0.25) is 0 Å². The second kappa shape index (κ2) is 6.53. The monoisotopic (exact) mass is 377 g/mol. The van der Waals surface area contributed by atoms with Crippen molar-refractivity contribution >= 4 is 28.9 Å². The van der Waals surface area contributed by atoms with E-state index in [4.69, 9.17) is 22.1 Å². The van der Waals surface area contributed by atoms with Crippen molar-refractivity contribution in [3.63, 3.8) is 0 Å². The molecule has 1 amide bonds. The Morgan fingerprint density at radius 2 is 1.88 bits per heavy atom. The van der Waals surface area contributed by atoms with Gasteiger partial charge in [0.05, 0.1) is 6.54 Å². The lowest BCUT2D eigenvalue weighted by atomic mass is 9.95. The van der Waals surface area contributed by atoms with Crippen molar-refractivity contribution in [1.29, 1.82) is 0 Å². The molecule has 0 aliphatic carbocycles. The molecular formula is C17H17ClFN5O2. The van der Waals surface area contributed by atoms with Gasteiger partial charge in [-0.2, -0.15) is 9.97 Å². The van der Waals surface area contributed by atoms with Crippen molar-refractivity contribution in [3.8, 4) is 6.01 Å². The average Bonchev–Trinajstić information content (AvgIpc) is 2.88. The number of halogens is 2. The lowest BCUT2D eigenvalue weighted by Gasteiger charge is -2.20. The van der Waals surface area contributed by atoms with Gasteiger partial charge in [0, 0.05) is 5.41 Å². The molecule has 3 aromatic rings. The van der Waals surface area contributed by atoms with Gasteiger partial charge in [-0.1, -0.05) is 44.5 Å². The van der Waals surface area contributed by atoms with Crippen LogP contribution in [0.15, 0.2) is 24.3 Å². The molecule has 26 heavy (non-hydrogen) atoms. The number of carbonyl (C=O) groups excluding carboxylic acids is 1. The average molecular weight is 378 g/mol. The van der Waals surface area contributed by atoms with E-state index in [0.717, 1.165) is 5.56 Å². The Kier molecular flexibility index (Phi) is 4.53. The van der Waals surface area contributed by atoms with Crippen LogP contribution in [0.2, 0.25) is 5.15 Å². The molecule has 0 saturated carbocycles. The van der Waals surface area contributed by atoms with Gasteiger partial charge in [-0.15, -0.1) is 0 Å². The summed E-state index contributed by atoms with van der Waals surface area (Å²) >= 11 is 6.20. The van der Waals surface area contributed by atoms with Gasteiger partial charge >= 0.3 is 12.1 Å². The zero-order valence-corrected chi connectivity index (χ0v) is 15.2. The number of nitrogens with zero attached hydrogens (tertiary/aromatic N) is 4. The maximum absolute atomic E-state index is 13.2. The Hall–Kier alpha value is -2.74. The Bertz CT molecular complexity index is 979. The molecule has 9 heteroatoms. The van der Waals surface area contributed by atoms with E-state index in [-0.39, 0.29) is 22.4 Å². The van der Waals surface area contributed by atoms with Crippen molar-refractivity contribution in [3.05, 3.63) is 46.6 Å². The number of primary amides is 1. The molecule has 0 aliphatic rings. The smallest absolute Gasteiger partial charge is 0.374 e. The first kappa shape index (κ1) is 18.1. The number of ether oxygens (including phenoxy) is 1. The van der Waals surface area contributed by atoms with Crippen LogP contribution in [-0.2, 0) is 12.0 Å². The van der Waals surface area contributed by atoms with Crippen LogP contribution < -0.4 is 10.5 Å². The number of imidazole rings is 1. The summed E-state index contributed by atoms with van der Waals surface area (Å²) < 4.78 is 19.8. The second-order valence-corrected chi connectivity index (χ2v) is 7.15. The molecule has 136 valence electrons. The van der Waals surface area contributed by atoms with E-state index in [1.54, 1.807) is 12.1 Å². The van der Waals surface area contributed by atoms with Crippen LogP contribution in [0.3, 0.4) is 0 Å². The third-order valence-electron chi connectivity index (χ3n) is 3.65. The molecule has 7 nitrogen and oxygen atoms in total. The molecule has 2 heterocycles. The van der Waals surface area contributed by atoms with E-state index in [2.05, 4.69) is 15.0 Å². The molecular weight excluding hydrogens is 361 g/mol. The Labute approximate surface area is 154 Å². The van der Waals surface area contributed by atoms with E-state index < -0.39 is 6.09 Å². The molecule has 2 aromatic heterocycles. The van der Waals surface area contributed by atoms with Crippen molar-refractivity contribution in [2.75, 3.05) is 0 Å². The van der Waals surface area contributed by atoms with Gasteiger partial charge in [-0.05, 0) is 17.7 Å². The lowest BCUT2D eigenvalue weighted by molar-refractivity contribution is 0.207. The molecule has 2 N–H and O–H groups in total. The largest absolute Gasteiger partial charge is 0.412 e. The van der Waals surface area contributed by atoms with Gasteiger partial charge in [0.15, 0.2) is 10.8 Å². The number of rotatable bonds is 3. The third kappa shape index (κ3) is 3.60. The minimum Gasteiger partial charge on any atom is -0.374 e. The molecule has 0 unspecified atom stereocenters. The fraction of sp³-hybridized carbons (Fsp3) is 0.294. The summed E-state index contributed by atoms with van der Waals surface area (Å²) in [7, 11) is 0. The van der Waals surface area contributed by atoms with Crippen molar-refractivity contribution in [2.24, 2.45) is 5.73 Å². The summed E-state index contributed by atoms with van der Waals surface area (Å²) in [5.74, 6) is 0.395. The van der Waals surface area contributed by atoms with Crippen molar-refractivity contribution in [2.45, 2.75) is 32.7 Å². The number of hydrogen-bond acceptors (Lipinski definition) is 5. The summed E-state index contributed by atoms with van der Waals surface area (Å²) in [6, 6.07) is 5.87. The van der Waals surface area contributed by atoms with Crippen LogP contribution in [0, 0.1) is 5.82 Å². The van der Waals surface area contributed by atoms with E-state index in [0.29, 0.717) is 23.5 Å². The highest BCUT2D eigenvalue weighted by Crippen LogP contribution is 2.30. The summed E-state index contributed by atoms with van der Waals surface area (Å²) in [6.07, 6.45) is -1.04. The number of hydrogen-bond donors (Lipinski definition) is 1. The zero-order valence-electron chi connectivity index (χ0n) is 14.5. The summed E-state index contributed by atoms with van der Waals surface area (Å²) in [5.41, 5.74) is 6.34. The van der Waals surface area contributed by atoms with Crippen LogP contribution in [0.5, 0.6) is 6.01 Å². The number of fused-ring (bicyclic) bond motifs is 1. The molecule has 0 atom stereocenters. The first-order valence-corrected chi connectivity index (χ1v) is 8.19. The first-order chi connectivity index (χ1) is 12.1. The number of aromatic nitrogens is 4. The van der Waals surface area contributed by atoms with E-state index in [1.165, 1.54) is 12.1 Å². The van der Waals surface area contributed by atoms with Crippen LogP contribution >= 0.6 is 11.6 Å². The van der Waals surface area contributed by atoms with Gasteiger partial charge < -0.3 is 15.0 Å². The van der Waals surface area contributed by atoms with Crippen LogP contribution in [-0.4, -0.2) is 25.6 Å². The fourth-order valence-electron chi connectivity index (χ4n) is 2.58. The number of nitrogens with two attached hydrogens (primary N) is 1. The summed E-state index contributed by atoms with van der Waals surface area (Å²) in [6.45, 7) is 6.37. The number of carbonyl (C=O) groups is 1. The molecule has 3 rings (SSSR count). The summed E-state index contributed by atoms with van der Waals surface area (Å²) in [4.78, 5) is 23.7. The van der Waals surface area contributed by atoms with Crippen LogP contribution in [0.1, 0.15) is 32.2 Å².